The van der Waals surface area contributed by atoms with Gasteiger partial charge in [0.1, 0.15) is 0 Å². The van der Waals surface area contributed by atoms with E-state index in [0.717, 1.165) is 16.0 Å². The number of rotatable bonds is 3. The van der Waals surface area contributed by atoms with Crippen LogP contribution >= 0.6 is 11.3 Å². The van der Waals surface area contributed by atoms with Crippen molar-refractivity contribution in [2.75, 3.05) is 6.54 Å². The lowest BCUT2D eigenvalue weighted by Crippen LogP contribution is -2.41. The minimum atomic E-state index is -3.62. The lowest BCUT2D eigenvalue weighted by atomic mass is 9.89. The largest absolute Gasteiger partial charge is 0.295 e. The highest BCUT2D eigenvalue weighted by molar-refractivity contribution is 7.89. The Kier molecular flexibility index (Phi) is 4.14. The van der Waals surface area contributed by atoms with Gasteiger partial charge in [-0.15, -0.1) is 11.3 Å². The van der Waals surface area contributed by atoms with Gasteiger partial charge >= 0.3 is 0 Å². The summed E-state index contributed by atoms with van der Waals surface area (Å²) in [6, 6.07) is 10.7. The zero-order valence-electron chi connectivity index (χ0n) is 13.9. The monoisotopic (exact) mass is 373 g/mol. The van der Waals surface area contributed by atoms with Crippen molar-refractivity contribution in [3.63, 3.8) is 0 Å². The van der Waals surface area contributed by atoms with E-state index in [0.29, 0.717) is 24.3 Å². The standard InChI is InChI=1S/C19H19NO3S2/c1-13-4-6-17(7-5-13)25(22,23)20-12-15-10-16(21)9-14(15)11-18(20)19-3-2-8-24-19/h2-8,10,14,18H,9,11-12H2,1H3/t14-,18-/m1/s1. The summed E-state index contributed by atoms with van der Waals surface area (Å²) in [5.41, 5.74) is 1.98. The molecule has 1 saturated heterocycles. The first-order valence-electron chi connectivity index (χ1n) is 8.30. The van der Waals surface area contributed by atoms with Crippen molar-refractivity contribution in [1.29, 1.82) is 0 Å². The molecule has 2 atom stereocenters. The van der Waals surface area contributed by atoms with E-state index in [9.17, 15) is 13.2 Å². The highest BCUT2D eigenvalue weighted by Gasteiger charge is 2.42. The Morgan fingerprint density at radius 2 is 1.92 bits per heavy atom. The molecule has 1 aliphatic heterocycles. The summed E-state index contributed by atoms with van der Waals surface area (Å²) in [7, 11) is -3.62. The van der Waals surface area contributed by atoms with E-state index in [-0.39, 0.29) is 17.7 Å². The first-order valence-corrected chi connectivity index (χ1v) is 10.6. The smallest absolute Gasteiger partial charge is 0.243 e. The molecule has 2 heterocycles. The Balaban J connectivity index is 1.77. The van der Waals surface area contributed by atoms with Crippen molar-refractivity contribution in [3.05, 3.63) is 63.9 Å². The lowest BCUT2D eigenvalue weighted by molar-refractivity contribution is -0.114. The number of aryl methyl sites for hydroxylation is 1. The first kappa shape index (κ1) is 16.7. The first-order chi connectivity index (χ1) is 11.9. The van der Waals surface area contributed by atoms with Crippen LogP contribution in [-0.2, 0) is 14.8 Å². The normalized spacial score (nSPS) is 24.2. The van der Waals surface area contributed by atoms with Crippen molar-refractivity contribution < 1.29 is 13.2 Å². The van der Waals surface area contributed by atoms with Crippen LogP contribution in [0.4, 0.5) is 0 Å². The molecule has 0 amide bonds. The van der Waals surface area contributed by atoms with Gasteiger partial charge < -0.3 is 0 Å². The van der Waals surface area contributed by atoms with Crippen LogP contribution in [0.1, 0.15) is 29.3 Å². The second-order valence-corrected chi connectivity index (χ2v) is 9.59. The van der Waals surface area contributed by atoms with Crippen LogP contribution in [0.25, 0.3) is 0 Å². The zero-order chi connectivity index (χ0) is 17.6. The predicted octanol–water partition coefficient (Wildman–Crippen LogP) is 3.71. The van der Waals surface area contributed by atoms with E-state index in [1.165, 1.54) is 0 Å². The summed E-state index contributed by atoms with van der Waals surface area (Å²) in [6.07, 6.45) is 2.83. The second kappa shape index (κ2) is 6.20. The van der Waals surface area contributed by atoms with Gasteiger partial charge in [-0.05, 0) is 54.5 Å². The number of benzene rings is 1. The van der Waals surface area contributed by atoms with Gasteiger partial charge in [-0.3, -0.25) is 4.79 Å². The molecule has 0 bridgehead atoms. The molecular weight excluding hydrogens is 354 g/mol. The zero-order valence-corrected chi connectivity index (χ0v) is 15.5. The molecule has 0 N–H and O–H groups in total. The fourth-order valence-electron chi connectivity index (χ4n) is 3.68. The van der Waals surface area contributed by atoms with E-state index in [1.54, 1.807) is 33.9 Å². The molecule has 2 aromatic rings. The number of carbonyl (C=O) groups is 1. The molecule has 4 nitrogen and oxygen atoms in total. The number of piperidine rings is 1. The number of nitrogens with zero attached hydrogens (tertiary/aromatic N) is 1. The van der Waals surface area contributed by atoms with Gasteiger partial charge in [0.05, 0.1) is 10.9 Å². The van der Waals surface area contributed by atoms with Crippen molar-refractivity contribution in [2.24, 2.45) is 5.92 Å². The Labute approximate surface area is 151 Å². The maximum absolute atomic E-state index is 13.3. The van der Waals surface area contributed by atoms with Crippen LogP contribution in [0, 0.1) is 12.8 Å². The Bertz CT molecular complexity index is 928. The molecule has 1 fully saturated rings. The molecule has 2 aliphatic rings. The molecule has 0 saturated carbocycles. The Hall–Kier alpha value is -1.76. The van der Waals surface area contributed by atoms with Gasteiger partial charge in [0.2, 0.25) is 10.0 Å². The van der Waals surface area contributed by atoms with Crippen molar-refractivity contribution in [3.8, 4) is 0 Å². The van der Waals surface area contributed by atoms with Crippen LogP contribution in [0.3, 0.4) is 0 Å². The summed E-state index contributed by atoms with van der Waals surface area (Å²) in [5, 5.41) is 1.97. The fraction of sp³-hybridized carbons (Fsp3) is 0.316. The molecule has 0 unspecified atom stereocenters. The molecule has 0 spiro atoms. The number of ketones is 1. The third kappa shape index (κ3) is 2.99. The van der Waals surface area contributed by atoms with Gasteiger partial charge in [-0.1, -0.05) is 23.8 Å². The molecule has 1 aliphatic carbocycles. The van der Waals surface area contributed by atoms with E-state index in [2.05, 4.69) is 0 Å². The topological polar surface area (TPSA) is 54.5 Å². The van der Waals surface area contributed by atoms with Crippen LogP contribution in [0.2, 0.25) is 0 Å². The van der Waals surface area contributed by atoms with Crippen LogP contribution in [0.5, 0.6) is 0 Å². The summed E-state index contributed by atoms with van der Waals surface area (Å²) < 4.78 is 28.2. The Morgan fingerprint density at radius 1 is 1.16 bits per heavy atom. The predicted molar refractivity (Wildman–Crippen MR) is 97.9 cm³/mol. The molecule has 1 aromatic heterocycles. The van der Waals surface area contributed by atoms with Gasteiger partial charge in [0.15, 0.2) is 5.78 Å². The van der Waals surface area contributed by atoms with Crippen molar-refractivity contribution in [1.82, 2.24) is 4.31 Å². The average molecular weight is 373 g/mol. The molecular formula is C19H19NO3S2. The third-order valence-electron chi connectivity index (χ3n) is 5.01. The number of fused-ring (bicyclic) bond motifs is 1. The summed E-state index contributed by atoms with van der Waals surface area (Å²) in [5.74, 6) is 0.281. The van der Waals surface area contributed by atoms with E-state index < -0.39 is 10.0 Å². The minimum absolute atomic E-state index is 0.111. The molecule has 4 rings (SSSR count). The average Bonchev–Trinajstić information content (AvgIpc) is 3.21. The lowest BCUT2D eigenvalue weighted by Gasteiger charge is -2.38. The van der Waals surface area contributed by atoms with Gasteiger partial charge in [-0.25, -0.2) is 8.42 Å². The molecule has 25 heavy (non-hydrogen) atoms. The number of hydrogen-bond acceptors (Lipinski definition) is 4. The van der Waals surface area contributed by atoms with Crippen LogP contribution in [0.15, 0.2) is 58.3 Å². The number of allylic oxidation sites excluding steroid dienone is 1. The van der Waals surface area contributed by atoms with Gasteiger partial charge in [0.25, 0.3) is 0 Å². The number of sulfonamides is 1. The van der Waals surface area contributed by atoms with Crippen LogP contribution < -0.4 is 0 Å². The second-order valence-electron chi connectivity index (χ2n) is 6.72. The molecule has 1 aromatic carbocycles. The van der Waals surface area contributed by atoms with Gasteiger partial charge in [0, 0.05) is 17.8 Å². The maximum atomic E-state index is 13.3. The Morgan fingerprint density at radius 3 is 2.60 bits per heavy atom. The highest BCUT2D eigenvalue weighted by atomic mass is 32.2. The van der Waals surface area contributed by atoms with E-state index in [1.807, 2.05) is 36.6 Å². The quantitative estimate of drug-likeness (QED) is 0.824. The van der Waals surface area contributed by atoms with E-state index >= 15 is 0 Å². The van der Waals surface area contributed by atoms with E-state index in [4.69, 9.17) is 0 Å². The SMILES string of the molecule is Cc1ccc(S(=O)(=O)N2CC3=CC(=O)C[C@@H]3C[C@@H]2c2cccs2)cc1. The molecule has 130 valence electrons. The third-order valence-corrected chi connectivity index (χ3v) is 7.85. The minimum Gasteiger partial charge on any atom is -0.295 e. The maximum Gasteiger partial charge on any atom is 0.243 e. The van der Waals surface area contributed by atoms with Gasteiger partial charge in [-0.2, -0.15) is 4.31 Å². The number of carbonyl (C=O) groups excluding carboxylic acids is 1. The number of hydrogen-bond donors (Lipinski definition) is 0. The molecule has 0 radical (unpaired) electrons. The van der Waals surface area contributed by atoms with Crippen molar-refractivity contribution >= 4 is 27.1 Å². The van der Waals surface area contributed by atoms with Crippen molar-refractivity contribution in [2.45, 2.75) is 30.7 Å². The fourth-order valence-corrected chi connectivity index (χ4v) is 6.20. The summed E-state index contributed by atoms with van der Waals surface area (Å²) >= 11 is 1.57. The summed E-state index contributed by atoms with van der Waals surface area (Å²) in [4.78, 5) is 13.2. The summed E-state index contributed by atoms with van der Waals surface area (Å²) in [6.45, 7) is 2.24. The number of thiophene rings is 1. The highest BCUT2D eigenvalue weighted by Crippen LogP contribution is 2.44. The molecule has 6 heteroatoms. The van der Waals surface area contributed by atoms with Crippen LogP contribution in [-0.4, -0.2) is 25.1 Å².